The molecule has 0 fully saturated rings. The first-order valence-electron chi connectivity index (χ1n) is 4.15. The molecule has 0 saturated carbocycles. The summed E-state index contributed by atoms with van der Waals surface area (Å²) in [6, 6.07) is 1.42. The van der Waals surface area contributed by atoms with E-state index in [-0.39, 0.29) is 12.2 Å². The summed E-state index contributed by atoms with van der Waals surface area (Å²) >= 11 is 0. The molecule has 0 radical (unpaired) electrons. The Morgan fingerprint density at radius 2 is 2.40 bits per heavy atom. The van der Waals surface area contributed by atoms with E-state index in [1.165, 1.54) is 21.7 Å². The number of aromatic nitrogens is 6. The number of aromatic carboxylic acids is 1. The Labute approximate surface area is 84.1 Å². The van der Waals surface area contributed by atoms with Crippen molar-refractivity contribution in [2.75, 3.05) is 0 Å². The van der Waals surface area contributed by atoms with Crippen LogP contribution in [0.4, 0.5) is 0 Å². The molecular weight excluding hydrogens is 200 g/mol. The molecule has 2 aromatic heterocycles. The highest BCUT2D eigenvalue weighted by molar-refractivity contribution is 5.85. The highest BCUT2D eigenvalue weighted by Crippen LogP contribution is 2.00. The molecule has 8 heteroatoms. The maximum atomic E-state index is 10.8. The van der Waals surface area contributed by atoms with Crippen LogP contribution in [0, 0.1) is 0 Å². The zero-order valence-corrected chi connectivity index (χ0v) is 7.90. The summed E-state index contributed by atoms with van der Waals surface area (Å²) in [7, 11) is 1.64. The molecule has 0 saturated heterocycles. The molecule has 0 spiro atoms. The first kappa shape index (κ1) is 9.31. The molecule has 8 nitrogen and oxygen atoms in total. The Hall–Kier alpha value is -2.25. The van der Waals surface area contributed by atoms with Crippen LogP contribution in [0.25, 0.3) is 0 Å². The lowest BCUT2D eigenvalue weighted by Crippen LogP contribution is -2.11. The van der Waals surface area contributed by atoms with Crippen LogP contribution in [0.15, 0.2) is 12.3 Å². The zero-order chi connectivity index (χ0) is 10.8. The normalized spacial score (nSPS) is 10.5. The molecule has 0 unspecified atom stereocenters. The molecule has 15 heavy (non-hydrogen) atoms. The lowest BCUT2D eigenvalue weighted by molar-refractivity contribution is 0.0684. The summed E-state index contributed by atoms with van der Waals surface area (Å²) in [5.41, 5.74) is 0.0995. The Kier molecular flexibility index (Phi) is 2.16. The van der Waals surface area contributed by atoms with Crippen molar-refractivity contribution in [1.82, 2.24) is 30.0 Å². The molecule has 78 valence electrons. The van der Waals surface area contributed by atoms with Crippen LogP contribution in [-0.2, 0) is 13.6 Å². The molecular formula is C7H8N6O2. The van der Waals surface area contributed by atoms with Gasteiger partial charge in [-0.2, -0.15) is 9.90 Å². The predicted octanol–water partition coefficient (Wildman–Crippen LogP) is -0.847. The van der Waals surface area contributed by atoms with Gasteiger partial charge in [0.25, 0.3) is 0 Å². The van der Waals surface area contributed by atoms with Gasteiger partial charge in [0.2, 0.25) is 0 Å². The molecule has 2 rings (SSSR count). The fourth-order valence-corrected chi connectivity index (χ4v) is 1.16. The van der Waals surface area contributed by atoms with Crippen LogP contribution in [0.5, 0.6) is 0 Å². The molecule has 2 aromatic rings. The largest absolute Gasteiger partial charge is 0.477 e. The van der Waals surface area contributed by atoms with Crippen LogP contribution in [0.1, 0.15) is 16.3 Å². The summed E-state index contributed by atoms with van der Waals surface area (Å²) in [4.78, 5) is 12.1. The van der Waals surface area contributed by atoms with Crippen LogP contribution >= 0.6 is 0 Å². The van der Waals surface area contributed by atoms with Gasteiger partial charge in [0.1, 0.15) is 12.2 Å². The van der Waals surface area contributed by atoms with Gasteiger partial charge in [-0.1, -0.05) is 0 Å². The molecule has 2 heterocycles. The molecule has 0 atom stereocenters. The quantitative estimate of drug-likeness (QED) is 0.705. The number of tetrazole rings is 1. The minimum absolute atomic E-state index is 0.0995. The SMILES string of the molecule is Cn1nnc(Cn2nccc2C(=O)O)n1. The Morgan fingerprint density at radius 1 is 1.60 bits per heavy atom. The van der Waals surface area contributed by atoms with E-state index in [1.54, 1.807) is 7.05 Å². The van der Waals surface area contributed by atoms with Crippen molar-refractivity contribution in [2.45, 2.75) is 6.54 Å². The highest BCUT2D eigenvalue weighted by Gasteiger charge is 2.11. The van der Waals surface area contributed by atoms with Crippen molar-refractivity contribution in [3.05, 3.63) is 23.8 Å². The van der Waals surface area contributed by atoms with E-state index in [1.807, 2.05) is 0 Å². The van der Waals surface area contributed by atoms with Crippen LogP contribution in [0.2, 0.25) is 0 Å². The van der Waals surface area contributed by atoms with Gasteiger partial charge >= 0.3 is 5.97 Å². The summed E-state index contributed by atoms with van der Waals surface area (Å²) in [5, 5.41) is 24.0. The van der Waals surface area contributed by atoms with Gasteiger partial charge in [0, 0.05) is 6.20 Å². The second-order valence-electron chi connectivity index (χ2n) is 2.87. The van der Waals surface area contributed by atoms with Gasteiger partial charge in [0.05, 0.1) is 7.05 Å². The molecule has 0 bridgehead atoms. The first-order chi connectivity index (χ1) is 7.16. The lowest BCUT2D eigenvalue weighted by Gasteiger charge is -1.99. The number of carboxylic acid groups (broad SMARTS) is 1. The van der Waals surface area contributed by atoms with Gasteiger partial charge in [-0.25, -0.2) is 4.79 Å². The smallest absolute Gasteiger partial charge is 0.354 e. The topological polar surface area (TPSA) is 98.7 Å². The second kappa shape index (κ2) is 3.48. The van der Waals surface area contributed by atoms with E-state index in [2.05, 4.69) is 20.5 Å². The highest BCUT2D eigenvalue weighted by atomic mass is 16.4. The van der Waals surface area contributed by atoms with Gasteiger partial charge < -0.3 is 5.11 Å². The average molecular weight is 208 g/mol. The third kappa shape index (κ3) is 1.82. The Bertz CT molecular complexity index is 487. The van der Waals surface area contributed by atoms with E-state index in [0.717, 1.165) is 0 Å². The van der Waals surface area contributed by atoms with E-state index in [9.17, 15) is 4.79 Å². The third-order valence-corrected chi connectivity index (χ3v) is 1.78. The number of nitrogens with zero attached hydrogens (tertiary/aromatic N) is 6. The van der Waals surface area contributed by atoms with Gasteiger partial charge in [-0.05, 0) is 11.3 Å². The summed E-state index contributed by atoms with van der Waals surface area (Å²) in [5.74, 6) is -0.611. The molecule has 0 aliphatic rings. The van der Waals surface area contributed by atoms with Crippen LogP contribution < -0.4 is 0 Å². The van der Waals surface area contributed by atoms with Crippen molar-refractivity contribution in [3.8, 4) is 0 Å². The van der Waals surface area contributed by atoms with E-state index in [0.29, 0.717) is 5.82 Å². The Morgan fingerprint density at radius 3 is 3.00 bits per heavy atom. The standard InChI is InChI=1S/C7H8N6O2/c1-12-10-6(9-11-12)4-13-5(7(14)15)2-3-8-13/h2-3H,4H2,1H3,(H,14,15). The number of carboxylic acids is 1. The van der Waals surface area contributed by atoms with Gasteiger partial charge in [-0.15, -0.1) is 10.2 Å². The third-order valence-electron chi connectivity index (χ3n) is 1.78. The average Bonchev–Trinajstić information content (AvgIpc) is 2.75. The van der Waals surface area contributed by atoms with Crippen LogP contribution in [0.3, 0.4) is 0 Å². The fourth-order valence-electron chi connectivity index (χ4n) is 1.16. The minimum atomic E-state index is -1.03. The van der Waals surface area contributed by atoms with E-state index >= 15 is 0 Å². The molecule has 0 aliphatic heterocycles. The van der Waals surface area contributed by atoms with Gasteiger partial charge in [0.15, 0.2) is 5.82 Å². The van der Waals surface area contributed by atoms with Crippen molar-refractivity contribution in [2.24, 2.45) is 7.05 Å². The maximum absolute atomic E-state index is 10.8. The molecule has 1 N–H and O–H groups in total. The molecule has 0 aliphatic carbocycles. The van der Waals surface area contributed by atoms with E-state index < -0.39 is 5.97 Å². The summed E-state index contributed by atoms with van der Waals surface area (Å²) < 4.78 is 1.30. The molecule has 0 aromatic carbocycles. The number of rotatable bonds is 3. The maximum Gasteiger partial charge on any atom is 0.354 e. The predicted molar refractivity (Wildman–Crippen MR) is 47.1 cm³/mol. The second-order valence-corrected chi connectivity index (χ2v) is 2.87. The van der Waals surface area contributed by atoms with Crippen molar-refractivity contribution in [1.29, 1.82) is 0 Å². The zero-order valence-electron chi connectivity index (χ0n) is 7.90. The monoisotopic (exact) mass is 208 g/mol. The summed E-state index contributed by atoms with van der Waals surface area (Å²) in [6.45, 7) is 0.197. The van der Waals surface area contributed by atoms with Crippen molar-refractivity contribution >= 4 is 5.97 Å². The van der Waals surface area contributed by atoms with E-state index in [4.69, 9.17) is 5.11 Å². The van der Waals surface area contributed by atoms with Crippen molar-refractivity contribution < 1.29 is 9.90 Å². The van der Waals surface area contributed by atoms with Gasteiger partial charge in [-0.3, -0.25) is 4.68 Å². The number of hydrogen-bond donors (Lipinski definition) is 1. The lowest BCUT2D eigenvalue weighted by atomic mass is 10.4. The Balaban J connectivity index is 2.24. The molecule has 0 amide bonds. The minimum Gasteiger partial charge on any atom is -0.477 e. The first-order valence-corrected chi connectivity index (χ1v) is 4.15. The number of hydrogen-bond acceptors (Lipinski definition) is 5. The number of carbonyl (C=O) groups is 1. The fraction of sp³-hybridized carbons (Fsp3) is 0.286. The summed E-state index contributed by atoms with van der Waals surface area (Å²) in [6.07, 6.45) is 1.42. The van der Waals surface area contributed by atoms with Crippen LogP contribution in [-0.4, -0.2) is 41.1 Å². The van der Waals surface area contributed by atoms with Crippen molar-refractivity contribution in [3.63, 3.8) is 0 Å². The number of aryl methyl sites for hydroxylation is 1.